The van der Waals surface area contributed by atoms with Crippen molar-refractivity contribution >= 4 is 11.8 Å². The molecule has 0 spiro atoms. The number of rotatable bonds is 5. The van der Waals surface area contributed by atoms with Gasteiger partial charge >= 0.3 is 6.18 Å². The van der Waals surface area contributed by atoms with Crippen LogP contribution in [0.2, 0.25) is 0 Å². The third-order valence-electron chi connectivity index (χ3n) is 4.86. The highest BCUT2D eigenvalue weighted by Gasteiger charge is 2.49. The minimum Gasteiger partial charge on any atom is -0.316 e. The molecule has 1 aliphatic carbocycles. The first-order chi connectivity index (χ1) is 9.80. The summed E-state index contributed by atoms with van der Waals surface area (Å²) in [4.78, 5) is 0.679. The van der Waals surface area contributed by atoms with Crippen molar-refractivity contribution in [1.29, 1.82) is 0 Å². The Bertz CT molecular complexity index is 471. The number of nitrogens with one attached hydrogen (secondary N) is 1. The summed E-state index contributed by atoms with van der Waals surface area (Å²) >= 11 is 0.847. The van der Waals surface area contributed by atoms with Crippen LogP contribution in [0.25, 0.3) is 0 Å². The number of hydrogen-bond donors (Lipinski definition) is 1. The second kappa shape index (κ2) is 6.21. The first-order valence-electron chi connectivity index (χ1n) is 7.27. The van der Waals surface area contributed by atoms with E-state index in [1.165, 1.54) is 5.56 Å². The van der Waals surface area contributed by atoms with Crippen molar-refractivity contribution in [1.82, 2.24) is 5.32 Å². The molecule has 2 rings (SSSR count). The summed E-state index contributed by atoms with van der Waals surface area (Å²) in [5.74, 6) is -0.341. The van der Waals surface area contributed by atoms with Crippen LogP contribution in [-0.2, 0) is 0 Å². The van der Waals surface area contributed by atoms with E-state index in [4.69, 9.17) is 0 Å². The van der Waals surface area contributed by atoms with Crippen LogP contribution in [0.15, 0.2) is 29.2 Å². The van der Waals surface area contributed by atoms with E-state index < -0.39 is 11.9 Å². The largest absolute Gasteiger partial charge is 0.398 e. The molecule has 0 aromatic heterocycles. The summed E-state index contributed by atoms with van der Waals surface area (Å²) in [5.41, 5.74) is 1.47. The molecule has 1 saturated carbocycles. The van der Waals surface area contributed by atoms with E-state index in [0.29, 0.717) is 16.9 Å². The van der Waals surface area contributed by atoms with Gasteiger partial charge in [0.1, 0.15) is 0 Å². The molecule has 0 amide bonds. The normalized spacial score (nSPS) is 29.2. The SMILES string of the molecule is CCC1(C)C(NC)CC1c1ccc(SCC(F)(F)F)cc1. The molecule has 1 fully saturated rings. The summed E-state index contributed by atoms with van der Waals surface area (Å²) in [6.45, 7) is 4.48. The van der Waals surface area contributed by atoms with Gasteiger partial charge in [-0.1, -0.05) is 26.0 Å². The van der Waals surface area contributed by atoms with E-state index in [0.717, 1.165) is 24.6 Å². The van der Waals surface area contributed by atoms with E-state index in [2.05, 4.69) is 19.2 Å². The molecule has 1 aromatic carbocycles. The third-order valence-corrected chi connectivity index (χ3v) is 5.94. The van der Waals surface area contributed by atoms with E-state index in [-0.39, 0.29) is 5.41 Å². The summed E-state index contributed by atoms with van der Waals surface area (Å²) in [7, 11) is 1.99. The van der Waals surface area contributed by atoms with Crippen molar-refractivity contribution in [2.75, 3.05) is 12.8 Å². The third kappa shape index (κ3) is 3.57. The predicted octanol–water partition coefficient (Wildman–Crippen LogP) is 4.83. The molecule has 1 aliphatic rings. The number of hydrogen-bond acceptors (Lipinski definition) is 2. The van der Waals surface area contributed by atoms with Crippen LogP contribution in [0.1, 0.15) is 38.2 Å². The van der Waals surface area contributed by atoms with Gasteiger partial charge in [-0.05, 0) is 48.9 Å². The van der Waals surface area contributed by atoms with Gasteiger partial charge in [-0.2, -0.15) is 13.2 Å². The topological polar surface area (TPSA) is 12.0 Å². The molecule has 5 heteroatoms. The Morgan fingerprint density at radius 1 is 1.29 bits per heavy atom. The fraction of sp³-hybridized carbons (Fsp3) is 0.625. The van der Waals surface area contributed by atoms with Crippen LogP contribution in [0.3, 0.4) is 0 Å². The zero-order valence-electron chi connectivity index (χ0n) is 12.6. The average molecular weight is 317 g/mol. The van der Waals surface area contributed by atoms with Gasteiger partial charge in [0.25, 0.3) is 0 Å². The van der Waals surface area contributed by atoms with Crippen molar-refractivity contribution in [3.63, 3.8) is 0 Å². The van der Waals surface area contributed by atoms with Crippen LogP contribution in [0.4, 0.5) is 13.2 Å². The monoisotopic (exact) mass is 317 g/mol. The summed E-state index contributed by atoms with van der Waals surface area (Å²) in [5, 5.41) is 3.36. The predicted molar refractivity (Wildman–Crippen MR) is 81.8 cm³/mol. The zero-order chi connectivity index (χ0) is 15.7. The molecule has 1 nitrogen and oxygen atoms in total. The molecule has 118 valence electrons. The Morgan fingerprint density at radius 3 is 2.38 bits per heavy atom. The van der Waals surface area contributed by atoms with Gasteiger partial charge in [-0.15, -0.1) is 11.8 Å². The second-order valence-electron chi connectivity index (χ2n) is 5.96. The smallest absolute Gasteiger partial charge is 0.316 e. The quantitative estimate of drug-likeness (QED) is 0.780. The maximum Gasteiger partial charge on any atom is 0.398 e. The Balaban J connectivity index is 2.03. The molecule has 3 atom stereocenters. The molecule has 3 unspecified atom stereocenters. The molecule has 1 N–H and O–H groups in total. The fourth-order valence-electron chi connectivity index (χ4n) is 3.28. The Kier molecular flexibility index (Phi) is 4.93. The molecular weight excluding hydrogens is 295 g/mol. The van der Waals surface area contributed by atoms with Gasteiger partial charge < -0.3 is 5.32 Å². The molecular formula is C16H22F3NS. The maximum absolute atomic E-state index is 12.2. The van der Waals surface area contributed by atoms with Crippen molar-refractivity contribution in [3.8, 4) is 0 Å². The lowest BCUT2D eigenvalue weighted by Crippen LogP contribution is -2.55. The molecule has 0 radical (unpaired) electrons. The van der Waals surface area contributed by atoms with E-state index >= 15 is 0 Å². The van der Waals surface area contributed by atoms with Gasteiger partial charge in [0.05, 0.1) is 5.75 Å². The van der Waals surface area contributed by atoms with Gasteiger partial charge in [0, 0.05) is 10.9 Å². The summed E-state index contributed by atoms with van der Waals surface area (Å²) in [6, 6.07) is 8.13. The number of halogens is 3. The van der Waals surface area contributed by atoms with Gasteiger partial charge in [-0.3, -0.25) is 0 Å². The van der Waals surface area contributed by atoms with E-state index in [9.17, 15) is 13.2 Å². The molecule has 0 bridgehead atoms. The first kappa shape index (κ1) is 16.7. The lowest BCUT2D eigenvalue weighted by atomic mass is 9.54. The number of benzene rings is 1. The van der Waals surface area contributed by atoms with Crippen molar-refractivity contribution in [2.45, 2.75) is 49.7 Å². The maximum atomic E-state index is 12.2. The van der Waals surface area contributed by atoms with Crippen LogP contribution in [0, 0.1) is 5.41 Å². The van der Waals surface area contributed by atoms with Crippen molar-refractivity contribution in [3.05, 3.63) is 29.8 Å². The van der Waals surface area contributed by atoms with Crippen LogP contribution < -0.4 is 5.32 Å². The summed E-state index contributed by atoms with van der Waals surface area (Å²) in [6.07, 6.45) is -1.93. The highest BCUT2D eigenvalue weighted by atomic mass is 32.2. The van der Waals surface area contributed by atoms with E-state index in [1.807, 2.05) is 31.3 Å². The molecule has 1 aromatic rings. The minimum absolute atomic E-state index is 0.232. The van der Waals surface area contributed by atoms with Crippen LogP contribution in [0.5, 0.6) is 0 Å². The van der Waals surface area contributed by atoms with Gasteiger partial charge in [-0.25, -0.2) is 0 Å². The molecule has 21 heavy (non-hydrogen) atoms. The Labute approximate surface area is 128 Å². The fourth-order valence-corrected chi connectivity index (χ4v) is 3.93. The highest BCUT2D eigenvalue weighted by Crippen LogP contribution is 2.54. The van der Waals surface area contributed by atoms with Crippen LogP contribution >= 0.6 is 11.8 Å². The number of alkyl halides is 3. The van der Waals surface area contributed by atoms with Crippen molar-refractivity contribution in [2.24, 2.45) is 5.41 Å². The highest BCUT2D eigenvalue weighted by molar-refractivity contribution is 7.99. The average Bonchev–Trinajstić information content (AvgIpc) is 2.44. The Morgan fingerprint density at radius 2 is 1.90 bits per heavy atom. The van der Waals surface area contributed by atoms with Crippen LogP contribution in [-0.4, -0.2) is 25.0 Å². The lowest BCUT2D eigenvalue weighted by molar-refractivity contribution is -0.105. The zero-order valence-corrected chi connectivity index (χ0v) is 13.4. The molecule has 0 saturated heterocycles. The van der Waals surface area contributed by atoms with Gasteiger partial charge in [0.2, 0.25) is 0 Å². The Hall–Kier alpha value is -0.680. The molecule has 0 aliphatic heterocycles. The minimum atomic E-state index is -4.11. The number of thioether (sulfide) groups is 1. The lowest BCUT2D eigenvalue weighted by Gasteiger charge is -2.54. The van der Waals surface area contributed by atoms with E-state index in [1.54, 1.807) is 0 Å². The standard InChI is InChI=1S/C16H22F3NS/c1-4-15(2)13(9-14(15)20-3)11-5-7-12(8-6-11)21-10-16(17,18)19/h5-8,13-14,20H,4,9-10H2,1-3H3. The summed E-state index contributed by atoms with van der Waals surface area (Å²) < 4.78 is 36.6. The van der Waals surface area contributed by atoms with Crippen molar-refractivity contribution < 1.29 is 13.2 Å². The van der Waals surface area contributed by atoms with Gasteiger partial charge in [0.15, 0.2) is 0 Å². The second-order valence-corrected chi connectivity index (χ2v) is 7.01. The molecule has 0 heterocycles. The first-order valence-corrected chi connectivity index (χ1v) is 8.25.